The fraction of sp³-hybridized carbons (Fsp3) is 0.318. The molecule has 3 rings (SSSR count). The normalized spacial score (nSPS) is 18.1. The van der Waals surface area contributed by atoms with Gasteiger partial charge in [0.15, 0.2) is 0 Å². The molecule has 1 aliphatic rings. The summed E-state index contributed by atoms with van der Waals surface area (Å²) in [5, 5.41) is 13.4. The summed E-state index contributed by atoms with van der Waals surface area (Å²) in [4.78, 5) is 0. The summed E-state index contributed by atoms with van der Waals surface area (Å²) in [6, 6.07) is 12.3. The number of hydrogen-bond acceptors (Lipinski definition) is 2. The highest BCUT2D eigenvalue weighted by Gasteiger charge is 2.33. The largest absolute Gasteiger partial charge is 0.410 e. The Kier molecular flexibility index (Phi) is 4.40. The summed E-state index contributed by atoms with van der Waals surface area (Å²) in [7, 11) is 0. The second-order valence-electron chi connectivity index (χ2n) is 7.94. The van der Waals surface area contributed by atoms with Gasteiger partial charge in [0.05, 0.1) is 0 Å². The Bertz CT molecular complexity index is 874. The molecule has 130 valence electrons. The van der Waals surface area contributed by atoms with E-state index in [0.29, 0.717) is 5.71 Å². The molecule has 0 heterocycles. The lowest BCUT2D eigenvalue weighted by atomic mass is 9.67. The average Bonchev–Trinajstić information content (AvgIpc) is 2.55. The minimum atomic E-state index is -0.0480. The van der Waals surface area contributed by atoms with Crippen molar-refractivity contribution in [3.05, 3.63) is 80.8 Å². The van der Waals surface area contributed by atoms with Gasteiger partial charge in [0.25, 0.3) is 0 Å². The van der Waals surface area contributed by atoms with Gasteiger partial charge in [-0.05, 0) is 41.8 Å². The molecule has 2 aromatic rings. The molecule has 0 amide bonds. The zero-order chi connectivity index (χ0) is 18.4. The molecule has 0 fully saturated rings. The fourth-order valence-corrected chi connectivity index (χ4v) is 3.76. The number of fused-ring (bicyclic) bond motifs is 1. The third kappa shape index (κ3) is 3.18. The molecular weight excluding hydrogens is 374 g/mol. The van der Waals surface area contributed by atoms with Crippen LogP contribution in [-0.2, 0) is 10.8 Å². The molecule has 0 aliphatic heterocycles. The maximum absolute atomic E-state index is 9.73. The van der Waals surface area contributed by atoms with Crippen LogP contribution in [0.5, 0.6) is 0 Å². The van der Waals surface area contributed by atoms with Crippen LogP contribution in [0.1, 0.15) is 55.5 Å². The molecular formula is C22H24BrNO. The zero-order valence-corrected chi connectivity index (χ0v) is 17.0. The summed E-state index contributed by atoms with van der Waals surface area (Å²) >= 11 is 3.45. The molecule has 0 bridgehead atoms. The van der Waals surface area contributed by atoms with E-state index in [1.54, 1.807) is 0 Å². The van der Waals surface area contributed by atoms with E-state index in [1.165, 1.54) is 11.1 Å². The smallest absolute Gasteiger partial charge is 0.117 e. The average molecular weight is 398 g/mol. The molecule has 0 saturated heterocycles. The number of benzene rings is 2. The topological polar surface area (TPSA) is 32.6 Å². The third-order valence-corrected chi connectivity index (χ3v) is 5.67. The third-order valence-electron chi connectivity index (χ3n) is 5.14. The molecule has 3 heteroatoms. The quantitative estimate of drug-likeness (QED) is 0.282. The number of aryl methyl sites for hydroxylation is 1. The lowest BCUT2D eigenvalue weighted by Crippen LogP contribution is -2.29. The predicted molar refractivity (Wildman–Crippen MR) is 108 cm³/mol. The number of allylic oxidation sites excluding steroid dienone is 2. The molecule has 2 aromatic carbocycles. The molecule has 0 spiro atoms. The number of rotatable bonds is 2. The predicted octanol–water partition coefficient (Wildman–Crippen LogP) is 6.11. The van der Waals surface area contributed by atoms with Crippen molar-refractivity contribution in [1.29, 1.82) is 0 Å². The van der Waals surface area contributed by atoms with E-state index in [4.69, 9.17) is 0 Å². The Hall–Kier alpha value is -1.87. The molecule has 1 N–H and O–H groups in total. The van der Waals surface area contributed by atoms with Crippen LogP contribution in [0.25, 0.3) is 0 Å². The maximum Gasteiger partial charge on any atom is 0.117 e. The van der Waals surface area contributed by atoms with Gasteiger partial charge in [-0.25, -0.2) is 0 Å². The summed E-state index contributed by atoms with van der Waals surface area (Å²) in [6.07, 6.45) is 4.58. The second kappa shape index (κ2) is 6.14. The summed E-state index contributed by atoms with van der Waals surface area (Å²) in [6.45, 7) is 11.0. The Morgan fingerprint density at radius 1 is 0.920 bits per heavy atom. The Morgan fingerprint density at radius 2 is 1.44 bits per heavy atom. The van der Waals surface area contributed by atoms with Crippen molar-refractivity contribution < 1.29 is 5.21 Å². The molecule has 2 nitrogen and oxygen atoms in total. The zero-order valence-electron chi connectivity index (χ0n) is 15.4. The molecule has 0 aromatic heterocycles. The van der Waals surface area contributed by atoms with Gasteiger partial charge in [-0.2, -0.15) is 0 Å². The molecule has 0 radical (unpaired) electrons. The van der Waals surface area contributed by atoms with Gasteiger partial charge >= 0.3 is 0 Å². The molecule has 0 atom stereocenters. The van der Waals surface area contributed by atoms with E-state index in [-0.39, 0.29) is 10.8 Å². The first-order valence-electron chi connectivity index (χ1n) is 8.50. The van der Waals surface area contributed by atoms with E-state index >= 15 is 0 Å². The van der Waals surface area contributed by atoms with Gasteiger partial charge in [-0.15, -0.1) is 0 Å². The summed E-state index contributed by atoms with van der Waals surface area (Å²) in [5.41, 5.74) is 6.19. The van der Waals surface area contributed by atoms with E-state index in [0.717, 1.165) is 21.2 Å². The van der Waals surface area contributed by atoms with Crippen LogP contribution in [0.4, 0.5) is 0 Å². The highest BCUT2D eigenvalue weighted by Crippen LogP contribution is 2.42. The van der Waals surface area contributed by atoms with Crippen molar-refractivity contribution in [3.63, 3.8) is 0 Å². The van der Waals surface area contributed by atoms with E-state index in [9.17, 15) is 5.21 Å². The van der Waals surface area contributed by atoms with Gasteiger partial charge in [0.1, 0.15) is 5.71 Å². The van der Waals surface area contributed by atoms with E-state index in [2.05, 4.69) is 80.0 Å². The number of nitrogens with zero attached hydrogens (tertiary/aromatic N) is 1. The van der Waals surface area contributed by atoms with Crippen LogP contribution in [0.15, 0.2) is 58.2 Å². The molecule has 0 saturated carbocycles. The van der Waals surface area contributed by atoms with Crippen LogP contribution in [0.2, 0.25) is 0 Å². The van der Waals surface area contributed by atoms with Gasteiger partial charge in [-0.3, -0.25) is 0 Å². The summed E-state index contributed by atoms with van der Waals surface area (Å²) < 4.78 is 1.00. The van der Waals surface area contributed by atoms with Crippen LogP contribution in [0, 0.1) is 6.92 Å². The van der Waals surface area contributed by atoms with Crippen LogP contribution >= 0.6 is 15.9 Å². The first kappa shape index (κ1) is 17.9. The first-order chi connectivity index (χ1) is 11.7. The van der Waals surface area contributed by atoms with E-state index in [1.807, 2.05) is 24.3 Å². The fourth-order valence-electron chi connectivity index (χ4n) is 3.50. The number of halogens is 1. The lowest BCUT2D eigenvalue weighted by Gasteiger charge is -2.37. The Balaban J connectivity index is 2.21. The number of oxime groups is 1. The second-order valence-corrected chi connectivity index (χ2v) is 8.86. The number of hydrogen-bond donors (Lipinski definition) is 1. The van der Waals surface area contributed by atoms with Crippen molar-refractivity contribution in [1.82, 2.24) is 0 Å². The SMILES string of the molecule is Cc1cc2c(cc1/C(=N/O)c1ccc(Br)cc1)C(C)(C)C=CC2(C)C. The minimum Gasteiger partial charge on any atom is -0.410 e. The maximum atomic E-state index is 9.73. The van der Waals surface area contributed by atoms with Crippen molar-refractivity contribution in [2.75, 3.05) is 0 Å². The lowest BCUT2D eigenvalue weighted by molar-refractivity contribution is 0.319. The van der Waals surface area contributed by atoms with Crippen molar-refractivity contribution in [3.8, 4) is 0 Å². The van der Waals surface area contributed by atoms with E-state index < -0.39 is 0 Å². The van der Waals surface area contributed by atoms with Crippen molar-refractivity contribution in [2.45, 2.75) is 45.4 Å². The standard InChI is InChI=1S/C22H24BrNO/c1-14-12-18-19(22(4,5)11-10-21(18,2)3)13-17(14)20(24-25)15-6-8-16(23)9-7-15/h6-13,25H,1-5H3/b24-20+. The van der Waals surface area contributed by atoms with Crippen LogP contribution in [-0.4, -0.2) is 10.9 Å². The van der Waals surface area contributed by atoms with Crippen LogP contribution in [0.3, 0.4) is 0 Å². The monoisotopic (exact) mass is 397 g/mol. The van der Waals surface area contributed by atoms with Crippen molar-refractivity contribution in [2.24, 2.45) is 5.16 Å². The van der Waals surface area contributed by atoms with Gasteiger partial charge in [-0.1, -0.05) is 79.1 Å². The van der Waals surface area contributed by atoms with Gasteiger partial charge < -0.3 is 5.21 Å². The minimum absolute atomic E-state index is 0.00226. The van der Waals surface area contributed by atoms with Crippen LogP contribution < -0.4 is 0 Å². The highest BCUT2D eigenvalue weighted by molar-refractivity contribution is 9.10. The molecule has 25 heavy (non-hydrogen) atoms. The highest BCUT2D eigenvalue weighted by atomic mass is 79.9. The molecule has 0 unspecified atom stereocenters. The molecule has 1 aliphatic carbocycles. The Morgan fingerprint density at radius 3 is 1.96 bits per heavy atom. The first-order valence-corrected chi connectivity index (χ1v) is 9.29. The van der Waals surface area contributed by atoms with Crippen molar-refractivity contribution >= 4 is 21.6 Å². The summed E-state index contributed by atoms with van der Waals surface area (Å²) in [5.74, 6) is 0. The Labute approximate surface area is 158 Å². The van der Waals surface area contributed by atoms with Gasteiger partial charge in [0.2, 0.25) is 0 Å². The van der Waals surface area contributed by atoms with Gasteiger partial charge in [0, 0.05) is 26.4 Å².